The number of sulfonamides is 1. The predicted octanol–water partition coefficient (Wildman–Crippen LogP) is 5.54. The molecule has 0 saturated heterocycles. The number of para-hydroxylation sites is 1. The highest BCUT2D eigenvalue weighted by atomic mass is 32.2. The lowest BCUT2D eigenvalue weighted by molar-refractivity contribution is 0.412. The van der Waals surface area contributed by atoms with E-state index in [2.05, 4.69) is 61.7 Å². The minimum atomic E-state index is -3.76. The van der Waals surface area contributed by atoms with Crippen LogP contribution in [0.3, 0.4) is 0 Å². The molecule has 0 unspecified atom stereocenters. The Labute approximate surface area is 206 Å². The summed E-state index contributed by atoms with van der Waals surface area (Å²) in [7, 11) is -2.35. The van der Waals surface area contributed by atoms with Crippen molar-refractivity contribution < 1.29 is 13.2 Å². The molecule has 10 heteroatoms. The molecule has 2 aromatic carbocycles. The van der Waals surface area contributed by atoms with Crippen LogP contribution in [0.25, 0.3) is 11.1 Å². The molecule has 9 nitrogen and oxygen atoms in total. The van der Waals surface area contributed by atoms with Gasteiger partial charge >= 0.3 is 0 Å². The molecule has 0 aliphatic heterocycles. The number of aromatic nitrogens is 1. The van der Waals surface area contributed by atoms with E-state index in [-0.39, 0.29) is 16.5 Å². The van der Waals surface area contributed by atoms with E-state index in [1.54, 1.807) is 20.8 Å². The van der Waals surface area contributed by atoms with Gasteiger partial charge in [-0.05, 0) is 44.4 Å². The third-order valence-electron chi connectivity index (χ3n) is 4.83. The quantitative estimate of drug-likeness (QED) is 0.175. The van der Waals surface area contributed by atoms with E-state index < -0.39 is 15.6 Å². The maximum Gasteiger partial charge on any atom is 0.242 e. The van der Waals surface area contributed by atoms with Crippen LogP contribution in [0.5, 0.6) is 5.75 Å². The normalized spacial score (nSPS) is 12.4. The maximum absolute atomic E-state index is 12.5. The Bertz CT molecular complexity index is 1310. The predicted molar refractivity (Wildman–Crippen MR) is 139 cm³/mol. The second kappa shape index (κ2) is 11.2. The number of anilines is 1. The van der Waals surface area contributed by atoms with Gasteiger partial charge < -0.3 is 4.74 Å². The first-order chi connectivity index (χ1) is 16.6. The molecule has 0 fully saturated rings. The SMILES string of the molecule is CCc1ccc(-c2ccccc2NN=CN=Nc2ncc(S(=O)(=O)NC(C)(C)C)cc2OC)cc1. The lowest BCUT2D eigenvalue weighted by Crippen LogP contribution is -2.40. The van der Waals surface area contributed by atoms with Crippen LogP contribution in [0, 0.1) is 0 Å². The van der Waals surface area contributed by atoms with E-state index in [1.165, 1.54) is 31.3 Å². The second-order valence-corrected chi connectivity index (χ2v) is 10.4. The number of hydrogen-bond acceptors (Lipinski definition) is 7. The standard InChI is InChI=1S/C25H30N6O3S/c1-6-18-11-13-19(14-12-18)21-9-7-8-10-22(21)29-27-17-28-30-24-23(34-5)15-20(16-26-24)35(32,33)31-25(2,3)4/h7-17,29,31H,6H2,1-5H3. The summed E-state index contributed by atoms with van der Waals surface area (Å²) < 4.78 is 32.9. The molecular weight excluding hydrogens is 464 g/mol. The molecule has 1 aromatic heterocycles. The van der Waals surface area contributed by atoms with Gasteiger partial charge in [-0.3, -0.25) is 5.43 Å². The summed E-state index contributed by atoms with van der Waals surface area (Å²) in [5, 5.41) is 12.0. The summed E-state index contributed by atoms with van der Waals surface area (Å²) in [6.45, 7) is 7.39. The Morgan fingerprint density at radius 1 is 1.09 bits per heavy atom. The highest BCUT2D eigenvalue weighted by molar-refractivity contribution is 7.89. The van der Waals surface area contributed by atoms with E-state index in [9.17, 15) is 8.42 Å². The van der Waals surface area contributed by atoms with Crippen LogP contribution in [0.1, 0.15) is 33.3 Å². The van der Waals surface area contributed by atoms with Crippen molar-refractivity contribution in [3.05, 3.63) is 66.4 Å². The summed E-state index contributed by atoms with van der Waals surface area (Å²) in [4.78, 5) is 4.06. The molecule has 3 rings (SSSR count). The highest BCUT2D eigenvalue weighted by Crippen LogP contribution is 2.29. The molecule has 1 heterocycles. The fourth-order valence-electron chi connectivity index (χ4n) is 3.21. The molecule has 0 spiro atoms. The fourth-order valence-corrected chi connectivity index (χ4v) is 4.59. The van der Waals surface area contributed by atoms with Crippen molar-refractivity contribution in [2.24, 2.45) is 15.3 Å². The Morgan fingerprint density at radius 2 is 1.80 bits per heavy atom. The first kappa shape index (κ1) is 26.0. The van der Waals surface area contributed by atoms with Gasteiger partial charge in [0.15, 0.2) is 12.1 Å². The molecule has 184 valence electrons. The molecule has 0 amide bonds. The Balaban J connectivity index is 1.72. The number of benzene rings is 2. The molecule has 0 aliphatic rings. The van der Waals surface area contributed by atoms with Crippen molar-refractivity contribution in [3.8, 4) is 16.9 Å². The van der Waals surface area contributed by atoms with Crippen molar-refractivity contribution in [2.75, 3.05) is 12.5 Å². The smallest absolute Gasteiger partial charge is 0.242 e. The Kier molecular flexibility index (Phi) is 8.31. The Hall–Kier alpha value is -3.63. The van der Waals surface area contributed by atoms with E-state index in [0.717, 1.165) is 23.2 Å². The maximum atomic E-state index is 12.5. The van der Waals surface area contributed by atoms with Gasteiger partial charge in [0.25, 0.3) is 0 Å². The number of ether oxygens (including phenoxy) is 1. The average Bonchev–Trinajstić information content (AvgIpc) is 2.82. The highest BCUT2D eigenvalue weighted by Gasteiger charge is 2.23. The van der Waals surface area contributed by atoms with Crippen LogP contribution in [0.2, 0.25) is 0 Å². The summed E-state index contributed by atoms with van der Waals surface area (Å²) in [6, 6.07) is 17.6. The minimum absolute atomic E-state index is 0.0258. The lowest BCUT2D eigenvalue weighted by atomic mass is 10.0. The first-order valence-corrected chi connectivity index (χ1v) is 12.6. The molecule has 2 N–H and O–H groups in total. The number of nitrogens with one attached hydrogen (secondary N) is 2. The van der Waals surface area contributed by atoms with Crippen LogP contribution < -0.4 is 14.9 Å². The monoisotopic (exact) mass is 494 g/mol. The second-order valence-electron chi connectivity index (χ2n) is 8.72. The van der Waals surface area contributed by atoms with Crippen LogP contribution in [-0.2, 0) is 16.4 Å². The van der Waals surface area contributed by atoms with Gasteiger partial charge in [0, 0.05) is 23.4 Å². The number of rotatable bonds is 9. The summed E-state index contributed by atoms with van der Waals surface area (Å²) >= 11 is 0. The third kappa shape index (κ3) is 7.17. The number of hydrazone groups is 1. The van der Waals surface area contributed by atoms with Gasteiger partial charge in [-0.2, -0.15) is 5.10 Å². The van der Waals surface area contributed by atoms with Gasteiger partial charge in [-0.25, -0.2) is 18.1 Å². The molecule has 0 radical (unpaired) electrons. The molecule has 0 bridgehead atoms. The Morgan fingerprint density at radius 3 is 2.46 bits per heavy atom. The number of aryl methyl sites for hydroxylation is 1. The number of azo groups is 1. The van der Waals surface area contributed by atoms with Gasteiger partial charge in [0.05, 0.1) is 12.8 Å². The van der Waals surface area contributed by atoms with Crippen molar-refractivity contribution in [1.82, 2.24) is 9.71 Å². The zero-order valence-electron chi connectivity index (χ0n) is 20.5. The number of pyridine rings is 1. The van der Waals surface area contributed by atoms with Crippen molar-refractivity contribution >= 4 is 27.9 Å². The molecule has 0 aliphatic carbocycles. The van der Waals surface area contributed by atoms with Crippen LogP contribution in [0.15, 0.2) is 81.0 Å². The number of methoxy groups -OCH3 is 1. The van der Waals surface area contributed by atoms with E-state index in [1.807, 2.05) is 24.3 Å². The number of nitrogens with zero attached hydrogens (tertiary/aromatic N) is 4. The summed E-state index contributed by atoms with van der Waals surface area (Å²) in [5.74, 6) is 0.304. The van der Waals surface area contributed by atoms with Gasteiger partial charge in [-0.1, -0.05) is 49.4 Å². The third-order valence-corrected chi connectivity index (χ3v) is 6.55. The van der Waals surface area contributed by atoms with E-state index in [0.29, 0.717) is 0 Å². The topological polar surface area (TPSA) is 117 Å². The number of hydrogen-bond donors (Lipinski definition) is 2. The van der Waals surface area contributed by atoms with Gasteiger partial charge in [0.2, 0.25) is 15.8 Å². The van der Waals surface area contributed by atoms with E-state index in [4.69, 9.17) is 4.74 Å². The lowest BCUT2D eigenvalue weighted by Gasteiger charge is -2.20. The van der Waals surface area contributed by atoms with Gasteiger partial charge in [0.1, 0.15) is 4.90 Å². The molecule has 3 aromatic rings. The summed E-state index contributed by atoms with van der Waals surface area (Å²) in [6.07, 6.45) is 3.44. The zero-order valence-corrected chi connectivity index (χ0v) is 21.3. The van der Waals surface area contributed by atoms with E-state index >= 15 is 0 Å². The van der Waals surface area contributed by atoms with Gasteiger partial charge in [-0.15, -0.1) is 10.2 Å². The first-order valence-electron chi connectivity index (χ1n) is 11.1. The molecule has 35 heavy (non-hydrogen) atoms. The van der Waals surface area contributed by atoms with Crippen molar-refractivity contribution in [1.29, 1.82) is 0 Å². The fraction of sp³-hybridized carbons (Fsp3) is 0.280. The van der Waals surface area contributed by atoms with Crippen LogP contribution in [-0.4, -0.2) is 32.4 Å². The molecular formula is C25H30N6O3S. The molecule has 0 atom stereocenters. The van der Waals surface area contributed by atoms with Crippen LogP contribution in [0.4, 0.5) is 11.5 Å². The van der Waals surface area contributed by atoms with Crippen molar-refractivity contribution in [3.63, 3.8) is 0 Å². The van der Waals surface area contributed by atoms with Crippen LogP contribution >= 0.6 is 0 Å². The van der Waals surface area contributed by atoms with Crippen molar-refractivity contribution in [2.45, 2.75) is 44.6 Å². The minimum Gasteiger partial charge on any atom is -0.493 e. The average molecular weight is 495 g/mol. The zero-order chi connectivity index (χ0) is 25.5. The molecule has 0 saturated carbocycles. The largest absolute Gasteiger partial charge is 0.493 e. The summed E-state index contributed by atoms with van der Waals surface area (Å²) in [5.41, 5.74) is 6.53.